The van der Waals surface area contributed by atoms with Gasteiger partial charge in [-0.15, -0.1) is 11.3 Å². The fourth-order valence-corrected chi connectivity index (χ4v) is 4.39. The van der Waals surface area contributed by atoms with Crippen molar-refractivity contribution in [2.75, 3.05) is 38.7 Å². The number of methoxy groups -OCH3 is 1. The zero-order valence-corrected chi connectivity index (χ0v) is 15.3. The van der Waals surface area contributed by atoms with Gasteiger partial charge in [0.05, 0.1) is 11.0 Å². The predicted molar refractivity (Wildman–Crippen MR) is 103 cm³/mol. The van der Waals surface area contributed by atoms with Crippen LogP contribution in [0.25, 0.3) is 11.9 Å². The Labute approximate surface area is 152 Å². The van der Waals surface area contributed by atoms with Crippen molar-refractivity contribution in [1.82, 2.24) is 15.2 Å². The number of rotatable bonds is 5. The number of anilines is 1. The number of hydrogen-bond acceptors (Lipinski definition) is 6. The Kier molecular flexibility index (Phi) is 5.01. The second-order valence-corrected chi connectivity index (χ2v) is 7.39. The molecular formula is C19H24N4OS. The number of ether oxygens (including phenoxy) is 1. The van der Waals surface area contributed by atoms with Gasteiger partial charge in [0.2, 0.25) is 0 Å². The van der Waals surface area contributed by atoms with E-state index in [0.29, 0.717) is 6.04 Å². The molecule has 2 aliphatic heterocycles. The quantitative estimate of drug-likeness (QED) is 0.788. The molecule has 0 amide bonds. The molecule has 0 aromatic carbocycles. The van der Waals surface area contributed by atoms with Gasteiger partial charge in [0.15, 0.2) is 0 Å². The first-order valence-electron chi connectivity index (χ1n) is 8.84. The molecule has 2 aromatic rings. The van der Waals surface area contributed by atoms with Crippen molar-refractivity contribution in [3.8, 4) is 0 Å². The van der Waals surface area contributed by atoms with E-state index in [-0.39, 0.29) is 0 Å². The van der Waals surface area contributed by atoms with Gasteiger partial charge in [0, 0.05) is 62.6 Å². The third-order valence-electron chi connectivity index (χ3n) is 4.82. The number of fused-ring (bicyclic) bond motifs is 2. The molecule has 2 N–H and O–H groups in total. The van der Waals surface area contributed by atoms with Crippen molar-refractivity contribution in [3.05, 3.63) is 45.9 Å². The largest absolute Gasteiger partial charge is 0.385 e. The van der Waals surface area contributed by atoms with Crippen LogP contribution in [-0.2, 0) is 4.74 Å². The van der Waals surface area contributed by atoms with Crippen molar-refractivity contribution in [2.24, 2.45) is 0 Å². The summed E-state index contributed by atoms with van der Waals surface area (Å²) in [5.74, 6) is 0. The minimum Gasteiger partial charge on any atom is -0.385 e. The van der Waals surface area contributed by atoms with Crippen LogP contribution in [-0.4, -0.2) is 49.3 Å². The molecule has 2 aromatic heterocycles. The van der Waals surface area contributed by atoms with E-state index < -0.39 is 0 Å². The molecule has 1 unspecified atom stereocenters. The Bertz CT molecular complexity index is 847. The molecule has 1 fully saturated rings. The summed E-state index contributed by atoms with van der Waals surface area (Å²) in [5, 5.41) is 12.7. The lowest BCUT2D eigenvalue weighted by Gasteiger charge is -2.36. The summed E-state index contributed by atoms with van der Waals surface area (Å²) in [4.78, 5) is 7.24. The lowest BCUT2D eigenvalue weighted by atomic mass is 10.1. The zero-order valence-electron chi connectivity index (χ0n) is 14.5. The number of nitrogens with zero attached hydrogens (tertiary/aromatic N) is 2. The summed E-state index contributed by atoms with van der Waals surface area (Å²) >= 11 is 1.74. The highest BCUT2D eigenvalue weighted by Gasteiger charge is 2.25. The number of piperazine rings is 1. The molecule has 4 rings (SSSR count). The van der Waals surface area contributed by atoms with Crippen LogP contribution in [0.2, 0.25) is 0 Å². The summed E-state index contributed by atoms with van der Waals surface area (Å²) in [5.41, 5.74) is 2.52. The Hall–Kier alpha value is -1.89. The standard InChI is InChI=1S/C19H24N4OS/c1-24-10-3-5-15-13-23(9-8-20-15)18-16-6-11-25-19(16)22-12-14-4-2-7-21-17(14)18/h2,4,6-7,11-12,15,20,22H,3,5,8-10,13H2,1H3. The second kappa shape index (κ2) is 7.56. The van der Waals surface area contributed by atoms with Crippen LogP contribution in [0.5, 0.6) is 0 Å². The number of nitrogens with one attached hydrogen (secondary N) is 2. The topological polar surface area (TPSA) is 49.4 Å². The second-order valence-electron chi connectivity index (χ2n) is 6.47. The third-order valence-corrected chi connectivity index (χ3v) is 5.66. The normalized spacial score (nSPS) is 19.5. The fourth-order valence-electron chi connectivity index (χ4n) is 3.63. The van der Waals surface area contributed by atoms with E-state index in [9.17, 15) is 0 Å². The van der Waals surface area contributed by atoms with Crippen LogP contribution in [0.3, 0.4) is 0 Å². The molecule has 0 spiro atoms. The average Bonchev–Trinajstić information content (AvgIpc) is 3.04. The van der Waals surface area contributed by atoms with Crippen LogP contribution in [0.4, 0.5) is 5.00 Å². The van der Waals surface area contributed by atoms with Crippen LogP contribution < -0.4 is 21.2 Å². The van der Waals surface area contributed by atoms with Crippen LogP contribution in [0.1, 0.15) is 18.4 Å². The van der Waals surface area contributed by atoms with Gasteiger partial charge in [0.1, 0.15) is 5.00 Å². The van der Waals surface area contributed by atoms with Gasteiger partial charge in [0.25, 0.3) is 0 Å². The maximum absolute atomic E-state index is 5.21. The summed E-state index contributed by atoms with van der Waals surface area (Å²) in [6.07, 6.45) is 6.18. The van der Waals surface area contributed by atoms with Crippen molar-refractivity contribution in [3.63, 3.8) is 0 Å². The monoisotopic (exact) mass is 356 g/mol. The third kappa shape index (κ3) is 3.42. The SMILES string of the molecule is COCCCC1CN(C2=c3ncccc3=CNc3sccc32)CCN1. The summed E-state index contributed by atoms with van der Waals surface area (Å²) in [6, 6.07) is 6.83. The maximum Gasteiger partial charge on any atom is 0.102 e. The average molecular weight is 356 g/mol. The van der Waals surface area contributed by atoms with Gasteiger partial charge in [-0.2, -0.15) is 0 Å². The van der Waals surface area contributed by atoms with Crippen LogP contribution >= 0.6 is 11.3 Å². The summed E-state index contributed by atoms with van der Waals surface area (Å²) < 4.78 is 5.21. The maximum atomic E-state index is 5.21. The molecule has 4 heterocycles. The minimum absolute atomic E-state index is 0.492. The van der Waals surface area contributed by atoms with Crippen LogP contribution in [0.15, 0.2) is 29.8 Å². The van der Waals surface area contributed by atoms with Gasteiger partial charge < -0.3 is 20.3 Å². The highest BCUT2D eigenvalue weighted by molar-refractivity contribution is 7.14. The van der Waals surface area contributed by atoms with Crippen molar-refractivity contribution in [2.45, 2.75) is 18.9 Å². The number of thiophene rings is 1. The van der Waals surface area contributed by atoms with E-state index in [0.717, 1.165) is 49.7 Å². The first kappa shape index (κ1) is 16.6. The van der Waals surface area contributed by atoms with Crippen LogP contribution in [0, 0.1) is 0 Å². The Balaban J connectivity index is 1.71. The lowest BCUT2D eigenvalue weighted by molar-refractivity contribution is 0.181. The van der Waals surface area contributed by atoms with Gasteiger partial charge in [-0.05, 0) is 36.4 Å². The first-order valence-corrected chi connectivity index (χ1v) is 9.72. The molecule has 1 saturated heterocycles. The molecule has 0 radical (unpaired) electrons. The zero-order chi connectivity index (χ0) is 17.1. The molecule has 0 aliphatic carbocycles. The van der Waals surface area contributed by atoms with E-state index in [1.807, 2.05) is 12.3 Å². The van der Waals surface area contributed by atoms with Crippen molar-refractivity contribution >= 4 is 28.2 Å². The molecule has 25 heavy (non-hydrogen) atoms. The van der Waals surface area contributed by atoms with Gasteiger partial charge >= 0.3 is 0 Å². The Morgan fingerprint density at radius 3 is 3.28 bits per heavy atom. The fraction of sp³-hybridized carbons (Fsp3) is 0.421. The molecule has 132 valence electrons. The molecule has 6 heteroatoms. The Morgan fingerprint density at radius 2 is 2.36 bits per heavy atom. The molecule has 1 atom stereocenters. The van der Waals surface area contributed by atoms with E-state index in [2.05, 4.69) is 39.2 Å². The highest BCUT2D eigenvalue weighted by Crippen LogP contribution is 2.31. The lowest BCUT2D eigenvalue weighted by Crippen LogP contribution is -2.51. The van der Waals surface area contributed by atoms with Crippen molar-refractivity contribution < 1.29 is 4.74 Å². The first-order chi connectivity index (χ1) is 12.4. The number of hydrogen-bond donors (Lipinski definition) is 2. The van der Waals surface area contributed by atoms with Gasteiger partial charge in [-0.25, -0.2) is 0 Å². The van der Waals surface area contributed by atoms with Gasteiger partial charge in [-0.1, -0.05) is 0 Å². The smallest absolute Gasteiger partial charge is 0.102 e. The number of aromatic nitrogens is 1. The van der Waals surface area contributed by atoms with Gasteiger partial charge in [-0.3, -0.25) is 4.98 Å². The molecular weight excluding hydrogens is 332 g/mol. The van der Waals surface area contributed by atoms with E-state index >= 15 is 0 Å². The molecule has 2 aliphatic rings. The summed E-state index contributed by atoms with van der Waals surface area (Å²) in [6.45, 7) is 3.83. The Morgan fingerprint density at radius 1 is 1.40 bits per heavy atom. The minimum atomic E-state index is 0.492. The van der Waals surface area contributed by atoms with E-state index in [1.54, 1.807) is 18.4 Å². The molecule has 0 saturated carbocycles. The predicted octanol–water partition coefficient (Wildman–Crippen LogP) is 1.16. The molecule has 5 nitrogen and oxygen atoms in total. The molecule has 0 bridgehead atoms. The van der Waals surface area contributed by atoms with E-state index in [4.69, 9.17) is 9.72 Å². The number of pyridine rings is 1. The van der Waals surface area contributed by atoms with E-state index in [1.165, 1.54) is 16.3 Å². The summed E-state index contributed by atoms with van der Waals surface area (Å²) in [7, 11) is 1.77. The van der Waals surface area contributed by atoms with Crippen molar-refractivity contribution in [1.29, 1.82) is 0 Å². The highest BCUT2D eigenvalue weighted by atomic mass is 32.1.